The Kier molecular flexibility index (Phi) is 33.6. The van der Waals surface area contributed by atoms with Gasteiger partial charge in [0.15, 0.2) is 0 Å². The van der Waals surface area contributed by atoms with Gasteiger partial charge in [0.25, 0.3) is 17.1 Å². The highest BCUT2D eigenvalue weighted by molar-refractivity contribution is 5.86. The van der Waals surface area contributed by atoms with Crippen LogP contribution in [-0.2, 0) is 0 Å². The summed E-state index contributed by atoms with van der Waals surface area (Å²) in [5.41, 5.74) is 31.3. The molecule has 12 N–H and O–H groups in total. The van der Waals surface area contributed by atoms with Crippen LogP contribution in [-0.4, -0.2) is 54.0 Å². The molecule has 0 spiro atoms. The SMILES string of the molecule is Cc1cc(F)ccc1[N+](=O)[O-].Cc1cc(NCCCNc2ccc(N)c(C)c2)ccc1N.Cc1cc(NCCCNc2ccc([N+](=O)[O-])c(C)c2)ccc1[N+](=O)[O-].Cl.Cl.Cl.Cl.NCCCN. The lowest BCUT2D eigenvalue weighted by atomic mass is 10.1. The van der Waals surface area contributed by atoms with E-state index in [1.165, 1.54) is 19.1 Å². The number of nitrogens with two attached hydrogens (primary N) is 4. The Morgan fingerprint density at radius 1 is 0.439 bits per heavy atom. The summed E-state index contributed by atoms with van der Waals surface area (Å²) in [5, 5.41) is 45.0. The van der Waals surface area contributed by atoms with E-state index >= 15 is 0 Å². The first kappa shape index (κ1) is 64.4. The lowest BCUT2D eigenvalue weighted by molar-refractivity contribution is -0.385. The van der Waals surface area contributed by atoms with Crippen molar-refractivity contribution in [2.45, 2.75) is 53.9 Å². The van der Waals surface area contributed by atoms with Gasteiger partial charge in [-0.05, 0) is 151 Å². The summed E-state index contributed by atoms with van der Waals surface area (Å²) >= 11 is 0. The number of halogens is 5. The standard InChI is InChI=1S/C17H20N4O4.C17H24N4.C7H6FNO2.C3H10N2.4ClH/c1-12-10-14(4-6-16(12)20(22)23)18-8-3-9-19-15-5-7-17(21(24)25)13(2)11-15;1-12-10-14(4-6-16(12)18)20-8-3-9-21-15-5-7-17(19)13(2)11-15;1-5-4-6(8)2-3-7(5)9(10)11;4-2-1-3-5;;;;/h4-7,10-11,18-19H,3,8-9H2,1-2H3;4-7,10-11,20-21H,3,8-9,18-19H2,1-2H3;2-4H,1H3;1-5H2;4*1H. The molecule has 0 bridgehead atoms. The van der Waals surface area contributed by atoms with Crippen LogP contribution >= 0.6 is 49.6 Å². The molecule has 22 heteroatoms. The van der Waals surface area contributed by atoms with E-state index in [-0.39, 0.29) is 66.7 Å². The van der Waals surface area contributed by atoms with E-state index in [2.05, 4.69) is 33.4 Å². The summed E-state index contributed by atoms with van der Waals surface area (Å²) in [4.78, 5) is 30.5. The van der Waals surface area contributed by atoms with Crippen LogP contribution in [0, 0.1) is 70.8 Å². The van der Waals surface area contributed by atoms with Gasteiger partial charge in [0, 0.05) is 95.2 Å². The van der Waals surface area contributed by atoms with Crippen molar-refractivity contribution in [2.24, 2.45) is 11.5 Å². The number of anilines is 6. The fourth-order valence-corrected chi connectivity index (χ4v) is 5.56. The van der Waals surface area contributed by atoms with Gasteiger partial charge in [-0.2, -0.15) is 0 Å². The minimum absolute atomic E-state index is 0. The zero-order chi connectivity index (χ0) is 46.2. The molecule has 0 amide bonds. The average molecular weight is 1000 g/mol. The van der Waals surface area contributed by atoms with Crippen molar-refractivity contribution in [1.82, 2.24) is 0 Å². The van der Waals surface area contributed by atoms with Crippen LogP contribution in [0.5, 0.6) is 0 Å². The second-order valence-corrected chi connectivity index (χ2v) is 14.2. The molecular weight excluding hydrogens is 939 g/mol. The maximum Gasteiger partial charge on any atom is 0.272 e. The minimum atomic E-state index is -0.533. The molecule has 0 saturated heterocycles. The Balaban J connectivity index is -0.000000875. The summed E-state index contributed by atoms with van der Waals surface area (Å²) in [5.74, 6) is -0.451. The zero-order valence-electron chi connectivity index (χ0n) is 37.6. The third kappa shape index (κ3) is 23.9. The summed E-state index contributed by atoms with van der Waals surface area (Å²) in [6.07, 6.45) is 2.80. The van der Waals surface area contributed by atoms with Crippen molar-refractivity contribution in [3.63, 3.8) is 0 Å². The zero-order valence-corrected chi connectivity index (χ0v) is 40.9. The quantitative estimate of drug-likeness (QED) is 0.0186. The number of nitrogens with one attached hydrogen (secondary N) is 4. The molecule has 366 valence electrons. The molecule has 0 aliphatic rings. The van der Waals surface area contributed by atoms with Crippen LogP contribution in [0.25, 0.3) is 0 Å². The van der Waals surface area contributed by atoms with E-state index < -0.39 is 20.6 Å². The summed E-state index contributed by atoms with van der Waals surface area (Å²) < 4.78 is 12.4. The molecule has 0 saturated carbocycles. The van der Waals surface area contributed by atoms with E-state index in [0.717, 1.165) is 109 Å². The van der Waals surface area contributed by atoms with Crippen LogP contribution in [0.2, 0.25) is 0 Å². The van der Waals surface area contributed by atoms with Crippen molar-refractivity contribution >= 4 is 101 Å². The summed E-state index contributed by atoms with van der Waals surface area (Å²) in [6, 6.07) is 25.3. The van der Waals surface area contributed by atoms with Crippen molar-refractivity contribution < 1.29 is 19.2 Å². The van der Waals surface area contributed by atoms with Crippen molar-refractivity contribution in [2.75, 3.05) is 72.0 Å². The maximum atomic E-state index is 12.4. The third-order valence-electron chi connectivity index (χ3n) is 9.11. The van der Waals surface area contributed by atoms with E-state index in [1.807, 2.05) is 38.1 Å². The number of rotatable bonds is 17. The first-order valence-electron chi connectivity index (χ1n) is 20.0. The molecule has 66 heavy (non-hydrogen) atoms. The second-order valence-electron chi connectivity index (χ2n) is 14.2. The van der Waals surface area contributed by atoms with Crippen LogP contribution in [0.4, 0.5) is 55.6 Å². The van der Waals surface area contributed by atoms with Gasteiger partial charge >= 0.3 is 0 Å². The first-order chi connectivity index (χ1) is 29.5. The number of nitrogens with zero attached hydrogens (tertiary/aromatic N) is 3. The van der Waals surface area contributed by atoms with Crippen LogP contribution in [0.15, 0.2) is 91.0 Å². The Morgan fingerprint density at radius 3 is 0.955 bits per heavy atom. The van der Waals surface area contributed by atoms with Gasteiger partial charge in [-0.15, -0.1) is 49.6 Å². The van der Waals surface area contributed by atoms with E-state index in [1.54, 1.807) is 38.1 Å². The van der Waals surface area contributed by atoms with Crippen LogP contribution in [0.3, 0.4) is 0 Å². The lowest BCUT2D eigenvalue weighted by Gasteiger charge is -2.10. The molecule has 0 aromatic heterocycles. The number of benzene rings is 5. The molecule has 0 aliphatic carbocycles. The molecule has 5 rings (SSSR count). The normalized spacial score (nSPS) is 9.45. The molecule has 5 aromatic rings. The minimum Gasteiger partial charge on any atom is -0.399 e. The molecule has 17 nitrogen and oxygen atoms in total. The van der Waals surface area contributed by atoms with Gasteiger partial charge in [-0.1, -0.05) is 0 Å². The molecule has 0 fully saturated rings. The van der Waals surface area contributed by atoms with Crippen LogP contribution in [0.1, 0.15) is 47.1 Å². The predicted octanol–water partition coefficient (Wildman–Crippen LogP) is 10.4. The number of nitro benzene ring substituents is 3. The molecule has 0 aliphatic heterocycles. The average Bonchev–Trinajstić information content (AvgIpc) is 3.21. The number of nitrogen functional groups attached to an aromatic ring is 2. The molecule has 0 atom stereocenters. The molecule has 0 heterocycles. The van der Waals surface area contributed by atoms with E-state index in [0.29, 0.717) is 29.8 Å². The molecular formula is C44H64Cl4FN11O6. The Bertz CT molecular complexity index is 2130. The van der Waals surface area contributed by atoms with Crippen molar-refractivity contribution in [3.8, 4) is 0 Å². The highest BCUT2D eigenvalue weighted by Crippen LogP contribution is 2.23. The Labute approximate surface area is 410 Å². The lowest BCUT2D eigenvalue weighted by Crippen LogP contribution is -2.09. The highest BCUT2D eigenvalue weighted by atomic mass is 35.5. The predicted molar refractivity (Wildman–Crippen MR) is 280 cm³/mol. The number of aryl methyl sites for hydroxylation is 5. The Morgan fingerprint density at radius 2 is 0.712 bits per heavy atom. The highest BCUT2D eigenvalue weighted by Gasteiger charge is 2.12. The third-order valence-corrected chi connectivity index (χ3v) is 9.11. The molecule has 5 aromatic carbocycles. The molecule has 0 unspecified atom stereocenters. The monoisotopic (exact) mass is 1000 g/mol. The smallest absolute Gasteiger partial charge is 0.272 e. The topological polar surface area (TPSA) is 282 Å². The van der Waals surface area contributed by atoms with E-state index in [9.17, 15) is 34.7 Å². The number of nitro groups is 3. The largest absolute Gasteiger partial charge is 0.399 e. The van der Waals surface area contributed by atoms with Gasteiger partial charge in [-0.3, -0.25) is 30.3 Å². The number of hydrogen-bond acceptors (Lipinski definition) is 14. The van der Waals surface area contributed by atoms with Gasteiger partial charge < -0.3 is 44.2 Å². The first-order valence-corrected chi connectivity index (χ1v) is 20.0. The van der Waals surface area contributed by atoms with Crippen molar-refractivity contribution in [1.29, 1.82) is 0 Å². The van der Waals surface area contributed by atoms with Gasteiger partial charge in [0.2, 0.25) is 0 Å². The maximum absolute atomic E-state index is 12.4. The summed E-state index contributed by atoms with van der Waals surface area (Å²) in [6.45, 7) is 13.6. The molecule has 0 radical (unpaired) electrons. The fourth-order valence-electron chi connectivity index (χ4n) is 5.56. The van der Waals surface area contributed by atoms with Gasteiger partial charge in [-0.25, -0.2) is 4.39 Å². The van der Waals surface area contributed by atoms with Crippen LogP contribution < -0.4 is 44.2 Å². The summed E-state index contributed by atoms with van der Waals surface area (Å²) in [7, 11) is 0. The Hall–Kier alpha value is -5.89. The van der Waals surface area contributed by atoms with Gasteiger partial charge in [0.1, 0.15) is 5.82 Å². The van der Waals surface area contributed by atoms with Gasteiger partial charge in [0.05, 0.1) is 14.8 Å². The fraction of sp³-hybridized carbons (Fsp3) is 0.318. The van der Waals surface area contributed by atoms with E-state index in [4.69, 9.17) is 22.9 Å². The second kappa shape index (κ2) is 34.5. The number of hydrogen-bond donors (Lipinski definition) is 8. The van der Waals surface area contributed by atoms with Crippen molar-refractivity contribution in [3.05, 3.63) is 155 Å².